The lowest BCUT2D eigenvalue weighted by atomic mass is 10.2. The van der Waals surface area contributed by atoms with Crippen LogP contribution in [-0.4, -0.2) is 39.8 Å². The Kier molecular flexibility index (Phi) is 5.61. The molecule has 114 valence electrons. The fourth-order valence-corrected chi connectivity index (χ4v) is 1.65. The predicted molar refractivity (Wildman–Crippen MR) is 73.1 cm³/mol. The number of rotatable bonds is 6. The molecule has 1 aromatic carbocycles. The fourth-order valence-electron chi connectivity index (χ4n) is 1.65. The van der Waals surface area contributed by atoms with Gasteiger partial charge in [-0.25, -0.2) is 9.59 Å². The van der Waals surface area contributed by atoms with E-state index < -0.39 is 23.0 Å². The number of hydrogen-bond acceptors (Lipinski definition) is 5. The van der Waals surface area contributed by atoms with Gasteiger partial charge in [-0.2, -0.15) is 0 Å². The second-order valence-electron chi connectivity index (χ2n) is 4.26. The molecular weight excluding hydrogens is 282 g/mol. The van der Waals surface area contributed by atoms with Gasteiger partial charge in [0.2, 0.25) is 0 Å². The zero-order valence-electron chi connectivity index (χ0n) is 11.2. The van der Waals surface area contributed by atoms with Crippen LogP contribution in [0.25, 0.3) is 0 Å². The molecule has 0 heterocycles. The number of carbonyl (C=O) groups excluding carboxylic acids is 1. The molecule has 0 radical (unpaired) electrons. The summed E-state index contributed by atoms with van der Waals surface area (Å²) in [6, 6.07) is 2.00. The van der Waals surface area contributed by atoms with Gasteiger partial charge in [-0.3, -0.25) is 10.1 Å². The first-order valence-electron chi connectivity index (χ1n) is 6.01. The van der Waals surface area contributed by atoms with Crippen molar-refractivity contribution in [2.45, 2.75) is 19.4 Å². The Morgan fingerprint density at radius 1 is 1.43 bits per heavy atom. The zero-order chi connectivity index (χ0) is 16.0. The number of aliphatic hydroxyl groups is 1. The topological polar surface area (TPSA) is 142 Å². The number of aliphatic carboxylic acids is 1. The van der Waals surface area contributed by atoms with Gasteiger partial charge in [0.15, 0.2) is 0 Å². The van der Waals surface area contributed by atoms with Gasteiger partial charge in [-0.15, -0.1) is 0 Å². The van der Waals surface area contributed by atoms with Crippen molar-refractivity contribution in [1.29, 1.82) is 0 Å². The number of carbonyl (C=O) groups is 2. The van der Waals surface area contributed by atoms with Crippen molar-refractivity contribution in [3.8, 4) is 0 Å². The molecule has 0 aromatic heterocycles. The Balaban J connectivity index is 2.72. The minimum absolute atomic E-state index is 0.0790. The molecule has 9 heteroatoms. The van der Waals surface area contributed by atoms with E-state index in [1.165, 1.54) is 25.1 Å². The number of benzene rings is 1. The van der Waals surface area contributed by atoms with Crippen LogP contribution in [0.1, 0.15) is 12.0 Å². The van der Waals surface area contributed by atoms with E-state index >= 15 is 0 Å². The summed E-state index contributed by atoms with van der Waals surface area (Å²) in [6.07, 6.45) is -0.123. The lowest BCUT2D eigenvalue weighted by Crippen LogP contribution is -2.43. The summed E-state index contributed by atoms with van der Waals surface area (Å²) in [6.45, 7) is 1.14. The number of carboxylic acid groups (broad SMARTS) is 1. The Bertz CT molecular complexity index is 560. The van der Waals surface area contributed by atoms with Crippen LogP contribution < -0.4 is 10.6 Å². The van der Waals surface area contributed by atoms with Crippen molar-refractivity contribution in [2.24, 2.45) is 0 Å². The molecule has 4 N–H and O–H groups in total. The smallest absolute Gasteiger partial charge is 0.326 e. The molecule has 1 aromatic rings. The van der Waals surface area contributed by atoms with Crippen LogP contribution in [0.5, 0.6) is 0 Å². The molecule has 0 fully saturated rings. The van der Waals surface area contributed by atoms with E-state index in [1.807, 2.05) is 0 Å². The quantitative estimate of drug-likeness (QED) is 0.453. The van der Waals surface area contributed by atoms with Gasteiger partial charge in [0, 0.05) is 30.3 Å². The second-order valence-corrected chi connectivity index (χ2v) is 4.26. The third kappa shape index (κ3) is 4.73. The van der Waals surface area contributed by atoms with Gasteiger partial charge in [0.25, 0.3) is 5.69 Å². The number of aryl methyl sites for hydroxylation is 1. The number of nitro groups is 1. The standard InChI is InChI=1S/C12H15N3O6/c1-7-6-8(2-3-10(7)15(20)21)13-12(19)14-9(4-5-16)11(17)18/h2-3,6,9,16H,4-5H2,1H3,(H,17,18)(H2,13,14,19)/t9-/m0/s1. The second kappa shape index (κ2) is 7.20. The fraction of sp³-hybridized carbons (Fsp3) is 0.333. The summed E-state index contributed by atoms with van der Waals surface area (Å²) in [4.78, 5) is 32.6. The van der Waals surface area contributed by atoms with Gasteiger partial charge >= 0.3 is 12.0 Å². The highest BCUT2D eigenvalue weighted by atomic mass is 16.6. The first kappa shape index (κ1) is 16.4. The predicted octanol–water partition coefficient (Wildman–Crippen LogP) is 0.860. The molecule has 0 aliphatic rings. The summed E-state index contributed by atoms with van der Waals surface area (Å²) >= 11 is 0. The van der Waals surface area contributed by atoms with E-state index in [0.717, 1.165) is 0 Å². The van der Waals surface area contributed by atoms with Crippen LogP contribution in [0.2, 0.25) is 0 Å². The number of nitrogens with one attached hydrogen (secondary N) is 2. The van der Waals surface area contributed by atoms with Gasteiger partial charge in [-0.1, -0.05) is 0 Å². The van der Waals surface area contributed by atoms with Gasteiger partial charge in [0.1, 0.15) is 6.04 Å². The maximum absolute atomic E-state index is 11.6. The van der Waals surface area contributed by atoms with Crippen LogP contribution in [0.3, 0.4) is 0 Å². The average Bonchev–Trinajstić information content (AvgIpc) is 2.37. The summed E-state index contributed by atoms with van der Waals surface area (Å²) in [5.41, 5.74) is 0.580. The number of carboxylic acids is 1. The summed E-state index contributed by atoms with van der Waals surface area (Å²) in [5, 5.41) is 32.8. The van der Waals surface area contributed by atoms with Crippen molar-refractivity contribution < 1.29 is 24.7 Å². The molecule has 0 spiro atoms. The van der Waals surface area contributed by atoms with Crippen LogP contribution in [-0.2, 0) is 4.79 Å². The number of urea groups is 1. The molecule has 0 aliphatic carbocycles. The highest BCUT2D eigenvalue weighted by molar-refractivity contribution is 5.92. The molecular formula is C12H15N3O6. The van der Waals surface area contributed by atoms with Crippen molar-refractivity contribution in [3.63, 3.8) is 0 Å². The lowest BCUT2D eigenvalue weighted by Gasteiger charge is -2.14. The number of hydrogen-bond donors (Lipinski definition) is 4. The summed E-state index contributed by atoms with van der Waals surface area (Å²) in [5.74, 6) is -1.26. The van der Waals surface area contributed by atoms with Crippen molar-refractivity contribution in [1.82, 2.24) is 5.32 Å². The summed E-state index contributed by atoms with van der Waals surface area (Å²) in [7, 11) is 0. The van der Waals surface area contributed by atoms with Crippen LogP contribution in [0.4, 0.5) is 16.2 Å². The molecule has 1 rings (SSSR count). The van der Waals surface area contributed by atoms with Crippen LogP contribution in [0, 0.1) is 17.0 Å². The highest BCUT2D eigenvalue weighted by Gasteiger charge is 2.19. The summed E-state index contributed by atoms with van der Waals surface area (Å²) < 4.78 is 0. The van der Waals surface area contributed by atoms with E-state index in [-0.39, 0.29) is 18.7 Å². The highest BCUT2D eigenvalue weighted by Crippen LogP contribution is 2.21. The number of nitro benzene ring substituents is 1. The van der Waals surface area contributed by atoms with E-state index in [0.29, 0.717) is 11.3 Å². The first-order valence-corrected chi connectivity index (χ1v) is 6.01. The molecule has 0 bridgehead atoms. The van der Waals surface area contributed by atoms with E-state index in [1.54, 1.807) is 0 Å². The SMILES string of the molecule is Cc1cc(NC(=O)N[C@@H](CCO)C(=O)O)ccc1[N+](=O)[O-]. The largest absolute Gasteiger partial charge is 0.480 e. The van der Waals surface area contributed by atoms with E-state index in [2.05, 4.69) is 10.6 Å². The van der Waals surface area contributed by atoms with Crippen molar-refractivity contribution in [3.05, 3.63) is 33.9 Å². The normalized spacial score (nSPS) is 11.5. The third-order valence-corrected chi connectivity index (χ3v) is 2.67. The molecule has 21 heavy (non-hydrogen) atoms. The molecule has 1 atom stereocenters. The van der Waals surface area contributed by atoms with Crippen LogP contribution >= 0.6 is 0 Å². The maximum Gasteiger partial charge on any atom is 0.326 e. The van der Waals surface area contributed by atoms with Crippen molar-refractivity contribution >= 4 is 23.4 Å². The molecule has 9 nitrogen and oxygen atoms in total. The number of anilines is 1. The van der Waals surface area contributed by atoms with Gasteiger partial charge in [-0.05, 0) is 19.1 Å². The maximum atomic E-state index is 11.6. The Morgan fingerprint density at radius 2 is 2.10 bits per heavy atom. The molecule has 0 aliphatic heterocycles. The van der Waals surface area contributed by atoms with E-state index in [9.17, 15) is 19.7 Å². The minimum Gasteiger partial charge on any atom is -0.480 e. The third-order valence-electron chi connectivity index (χ3n) is 2.67. The molecule has 0 saturated heterocycles. The van der Waals surface area contributed by atoms with E-state index in [4.69, 9.17) is 10.2 Å². The van der Waals surface area contributed by atoms with Crippen LogP contribution in [0.15, 0.2) is 18.2 Å². The molecule has 0 unspecified atom stereocenters. The Labute approximate surface area is 119 Å². The molecule has 2 amide bonds. The Morgan fingerprint density at radius 3 is 2.57 bits per heavy atom. The minimum atomic E-state index is -1.26. The number of nitrogens with zero attached hydrogens (tertiary/aromatic N) is 1. The monoisotopic (exact) mass is 297 g/mol. The number of amides is 2. The van der Waals surface area contributed by atoms with Gasteiger partial charge in [0.05, 0.1) is 4.92 Å². The first-order chi connectivity index (χ1) is 9.85. The average molecular weight is 297 g/mol. The zero-order valence-corrected chi connectivity index (χ0v) is 11.2. The van der Waals surface area contributed by atoms with Gasteiger partial charge < -0.3 is 20.8 Å². The Hall–Kier alpha value is -2.68. The van der Waals surface area contributed by atoms with Crippen molar-refractivity contribution in [2.75, 3.05) is 11.9 Å². The lowest BCUT2D eigenvalue weighted by molar-refractivity contribution is -0.385. The number of aliphatic hydroxyl groups excluding tert-OH is 1. The molecule has 0 saturated carbocycles.